The number of piperidine rings is 1. The van der Waals surface area contributed by atoms with Crippen LogP contribution in [0.4, 0.5) is 10.1 Å². The van der Waals surface area contributed by atoms with Crippen LogP contribution in [0.25, 0.3) is 11.0 Å². The lowest BCUT2D eigenvalue weighted by molar-refractivity contribution is 0.0697. The zero-order valence-electron chi connectivity index (χ0n) is 20.9. The third kappa shape index (κ3) is 5.41. The van der Waals surface area contributed by atoms with E-state index in [1.807, 2.05) is 29.8 Å². The second-order valence-corrected chi connectivity index (χ2v) is 9.39. The van der Waals surface area contributed by atoms with Crippen molar-refractivity contribution in [3.8, 4) is 5.88 Å². The predicted octanol–water partition coefficient (Wildman–Crippen LogP) is 4.81. The van der Waals surface area contributed by atoms with Gasteiger partial charge in [-0.2, -0.15) is 0 Å². The average molecular weight is 504 g/mol. The number of carbonyl (C=O) groups is 1. The monoisotopic (exact) mass is 503 g/mol. The standard InChI is InChI=1S/C28H30FN5O3/c1-30-21-8-6-20(22(29)15-21)17-37-27-5-3-4-23(32-27)18-10-12-34(13-11-18)16-26-31-24-9-7-19(28(35)36)14-25(24)33(26)2/h3-9,14-15,18,30H,10-13,16-17H2,1-2H3,(H,35,36). The summed E-state index contributed by atoms with van der Waals surface area (Å²) in [6.45, 7) is 2.64. The number of carboxylic acids is 1. The number of rotatable bonds is 8. The SMILES string of the molecule is CNc1ccc(COc2cccc(C3CCN(Cc4nc5ccc(C(=O)O)cc5n4C)CC3)n2)c(F)c1. The molecule has 4 aromatic rings. The van der Waals surface area contributed by atoms with Crippen molar-refractivity contribution in [2.24, 2.45) is 7.05 Å². The molecule has 0 amide bonds. The third-order valence-corrected chi connectivity index (χ3v) is 7.05. The minimum Gasteiger partial charge on any atom is -0.478 e. The summed E-state index contributed by atoms with van der Waals surface area (Å²) in [7, 11) is 3.68. The van der Waals surface area contributed by atoms with E-state index in [-0.39, 0.29) is 18.0 Å². The number of nitrogens with zero attached hydrogens (tertiary/aromatic N) is 4. The Morgan fingerprint density at radius 3 is 2.68 bits per heavy atom. The summed E-state index contributed by atoms with van der Waals surface area (Å²) in [5.41, 5.74) is 4.09. The van der Waals surface area contributed by atoms with Gasteiger partial charge in [0.25, 0.3) is 0 Å². The van der Waals surface area contributed by atoms with Crippen LogP contribution in [0.2, 0.25) is 0 Å². The minimum atomic E-state index is -0.940. The fraction of sp³-hybridized carbons (Fsp3) is 0.321. The van der Waals surface area contributed by atoms with Crippen molar-refractivity contribution in [2.75, 3.05) is 25.5 Å². The number of aromatic carboxylic acids is 1. The first-order valence-electron chi connectivity index (χ1n) is 12.4. The number of ether oxygens (including phenoxy) is 1. The maximum Gasteiger partial charge on any atom is 0.335 e. The highest BCUT2D eigenvalue weighted by Crippen LogP contribution is 2.29. The topological polar surface area (TPSA) is 92.5 Å². The maximum atomic E-state index is 14.3. The highest BCUT2D eigenvalue weighted by Gasteiger charge is 2.23. The fourth-order valence-corrected chi connectivity index (χ4v) is 4.81. The van der Waals surface area contributed by atoms with Crippen LogP contribution in [-0.4, -0.2) is 50.6 Å². The van der Waals surface area contributed by atoms with Gasteiger partial charge < -0.3 is 19.7 Å². The van der Waals surface area contributed by atoms with Gasteiger partial charge in [0, 0.05) is 43.0 Å². The van der Waals surface area contributed by atoms with E-state index in [1.165, 1.54) is 6.07 Å². The van der Waals surface area contributed by atoms with E-state index in [0.29, 0.717) is 23.9 Å². The zero-order chi connectivity index (χ0) is 25.9. The predicted molar refractivity (Wildman–Crippen MR) is 139 cm³/mol. The number of likely N-dealkylation sites (tertiary alicyclic amines) is 1. The summed E-state index contributed by atoms with van der Waals surface area (Å²) in [6.07, 6.45) is 1.92. The van der Waals surface area contributed by atoms with Crippen molar-refractivity contribution < 1.29 is 19.0 Å². The van der Waals surface area contributed by atoms with E-state index in [4.69, 9.17) is 14.7 Å². The maximum absolute atomic E-state index is 14.3. The molecule has 1 aliphatic heterocycles. The van der Waals surface area contributed by atoms with Gasteiger partial charge in [0.15, 0.2) is 0 Å². The molecule has 0 bridgehead atoms. The second kappa shape index (κ2) is 10.6. The Morgan fingerprint density at radius 2 is 1.95 bits per heavy atom. The van der Waals surface area contributed by atoms with Crippen molar-refractivity contribution >= 4 is 22.7 Å². The quantitative estimate of drug-likeness (QED) is 0.357. The number of fused-ring (bicyclic) bond motifs is 1. The summed E-state index contributed by atoms with van der Waals surface area (Å²) in [6, 6.07) is 15.8. The van der Waals surface area contributed by atoms with Crippen molar-refractivity contribution in [3.05, 3.63) is 83.1 Å². The molecular formula is C28H30FN5O3. The van der Waals surface area contributed by atoms with E-state index in [2.05, 4.69) is 10.2 Å². The smallest absolute Gasteiger partial charge is 0.335 e. The molecule has 0 atom stereocenters. The van der Waals surface area contributed by atoms with Crippen LogP contribution in [0, 0.1) is 5.82 Å². The van der Waals surface area contributed by atoms with Crippen LogP contribution in [0.1, 0.15) is 46.2 Å². The number of hydrogen-bond acceptors (Lipinski definition) is 6. The first-order chi connectivity index (χ1) is 17.9. The van der Waals surface area contributed by atoms with Gasteiger partial charge in [0.2, 0.25) is 5.88 Å². The number of aryl methyl sites for hydroxylation is 1. The molecule has 2 aromatic heterocycles. The molecule has 0 unspecified atom stereocenters. The highest BCUT2D eigenvalue weighted by molar-refractivity contribution is 5.92. The van der Waals surface area contributed by atoms with Crippen LogP contribution in [-0.2, 0) is 20.2 Å². The molecule has 1 saturated heterocycles. The molecule has 37 heavy (non-hydrogen) atoms. The third-order valence-electron chi connectivity index (χ3n) is 7.05. The normalized spacial score (nSPS) is 14.7. The lowest BCUT2D eigenvalue weighted by atomic mass is 9.93. The highest BCUT2D eigenvalue weighted by atomic mass is 19.1. The molecule has 2 aromatic carbocycles. The number of nitrogens with one attached hydrogen (secondary N) is 1. The van der Waals surface area contributed by atoms with Gasteiger partial charge in [-0.25, -0.2) is 19.2 Å². The fourth-order valence-electron chi connectivity index (χ4n) is 4.81. The van der Waals surface area contributed by atoms with Crippen molar-refractivity contribution in [1.82, 2.24) is 19.4 Å². The van der Waals surface area contributed by atoms with E-state index >= 15 is 0 Å². The summed E-state index contributed by atoms with van der Waals surface area (Å²) in [4.78, 5) is 23.1. The Hall–Kier alpha value is -3.98. The summed E-state index contributed by atoms with van der Waals surface area (Å²) in [5, 5.41) is 12.2. The number of halogens is 1. The Labute approximate surface area is 214 Å². The Bertz CT molecular complexity index is 1430. The van der Waals surface area contributed by atoms with Crippen molar-refractivity contribution in [3.63, 3.8) is 0 Å². The van der Waals surface area contributed by atoms with E-state index in [1.54, 1.807) is 37.4 Å². The number of pyridine rings is 1. The van der Waals surface area contributed by atoms with Crippen molar-refractivity contribution in [1.29, 1.82) is 0 Å². The first-order valence-corrected chi connectivity index (χ1v) is 12.4. The molecule has 9 heteroatoms. The van der Waals surface area contributed by atoms with E-state index in [0.717, 1.165) is 54.2 Å². The van der Waals surface area contributed by atoms with Crippen LogP contribution in [0.3, 0.4) is 0 Å². The van der Waals surface area contributed by atoms with E-state index < -0.39 is 5.97 Å². The van der Waals surface area contributed by atoms with Gasteiger partial charge in [0.1, 0.15) is 18.2 Å². The Morgan fingerprint density at radius 1 is 1.14 bits per heavy atom. The summed E-state index contributed by atoms with van der Waals surface area (Å²) < 4.78 is 22.1. The Kier molecular flexibility index (Phi) is 7.05. The van der Waals surface area contributed by atoms with Crippen LogP contribution < -0.4 is 10.1 Å². The molecule has 0 saturated carbocycles. The van der Waals surface area contributed by atoms with Gasteiger partial charge in [-0.15, -0.1) is 0 Å². The zero-order valence-corrected chi connectivity index (χ0v) is 20.9. The van der Waals surface area contributed by atoms with Gasteiger partial charge >= 0.3 is 5.97 Å². The molecule has 8 nitrogen and oxygen atoms in total. The number of benzene rings is 2. The summed E-state index contributed by atoms with van der Waals surface area (Å²) in [5.74, 6) is 0.491. The molecule has 2 N–H and O–H groups in total. The number of hydrogen-bond donors (Lipinski definition) is 2. The lowest BCUT2D eigenvalue weighted by Crippen LogP contribution is -2.33. The molecule has 0 radical (unpaired) electrons. The first kappa shape index (κ1) is 24.7. The molecule has 0 aliphatic carbocycles. The van der Waals surface area contributed by atoms with Gasteiger partial charge in [-0.3, -0.25) is 4.90 Å². The van der Waals surface area contributed by atoms with Crippen LogP contribution in [0.5, 0.6) is 5.88 Å². The summed E-state index contributed by atoms with van der Waals surface area (Å²) >= 11 is 0. The van der Waals surface area contributed by atoms with Gasteiger partial charge in [-0.1, -0.05) is 12.1 Å². The Balaban J connectivity index is 1.19. The van der Waals surface area contributed by atoms with Crippen LogP contribution >= 0.6 is 0 Å². The lowest BCUT2D eigenvalue weighted by Gasteiger charge is -2.31. The largest absolute Gasteiger partial charge is 0.478 e. The number of aromatic nitrogens is 3. The molecule has 192 valence electrons. The minimum absolute atomic E-state index is 0.122. The molecule has 3 heterocycles. The second-order valence-electron chi connectivity index (χ2n) is 9.39. The molecule has 5 rings (SSSR count). The number of carboxylic acid groups (broad SMARTS) is 1. The van der Waals surface area contributed by atoms with Gasteiger partial charge in [-0.05, 0) is 62.3 Å². The van der Waals surface area contributed by atoms with Gasteiger partial charge in [0.05, 0.1) is 23.1 Å². The molecular weight excluding hydrogens is 473 g/mol. The average Bonchev–Trinajstić information content (AvgIpc) is 3.22. The van der Waals surface area contributed by atoms with Crippen LogP contribution in [0.15, 0.2) is 54.6 Å². The molecule has 0 spiro atoms. The molecule has 1 fully saturated rings. The van der Waals surface area contributed by atoms with Crippen molar-refractivity contribution in [2.45, 2.75) is 31.9 Å². The molecule has 1 aliphatic rings. The number of imidazole rings is 1. The van der Waals surface area contributed by atoms with E-state index in [9.17, 15) is 14.3 Å². The number of anilines is 1.